The molecule has 142 valence electrons. The highest BCUT2D eigenvalue weighted by atomic mass is 16.6. The Morgan fingerprint density at radius 3 is 2.58 bits per heavy atom. The number of fused-ring (bicyclic) bond motifs is 1. The Labute approximate surface area is 153 Å². The molecule has 1 N–H and O–H groups in total. The molecular formula is C18H25N3O5. The van der Waals surface area contributed by atoms with Gasteiger partial charge in [-0.2, -0.15) is 0 Å². The molecule has 0 aliphatic carbocycles. The molecule has 8 heteroatoms. The van der Waals surface area contributed by atoms with Gasteiger partial charge in [0.25, 0.3) is 0 Å². The normalized spacial score (nSPS) is 16.8. The van der Waals surface area contributed by atoms with E-state index in [1.807, 2.05) is 0 Å². The van der Waals surface area contributed by atoms with E-state index in [-0.39, 0.29) is 18.4 Å². The van der Waals surface area contributed by atoms with Gasteiger partial charge in [0.05, 0.1) is 19.8 Å². The third-order valence-electron chi connectivity index (χ3n) is 4.40. The van der Waals surface area contributed by atoms with Crippen LogP contribution in [0.5, 0.6) is 11.5 Å². The Bertz CT molecular complexity index is 646. The van der Waals surface area contributed by atoms with Crippen molar-refractivity contribution in [3.05, 3.63) is 18.2 Å². The highest BCUT2D eigenvalue weighted by Gasteiger charge is 2.18. The maximum absolute atomic E-state index is 12.3. The van der Waals surface area contributed by atoms with Crippen LogP contribution < -0.4 is 14.8 Å². The first-order valence-electron chi connectivity index (χ1n) is 8.87. The van der Waals surface area contributed by atoms with E-state index in [9.17, 15) is 9.59 Å². The fourth-order valence-corrected chi connectivity index (χ4v) is 2.93. The number of hydrogen-bond donors (Lipinski definition) is 1. The van der Waals surface area contributed by atoms with Gasteiger partial charge in [0.2, 0.25) is 11.8 Å². The second-order valence-electron chi connectivity index (χ2n) is 6.30. The van der Waals surface area contributed by atoms with Gasteiger partial charge in [-0.05, 0) is 12.1 Å². The van der Waals surface area contributed by atoms with Crippen molar-refractivity contribution in [2.24, 2.45) is 0 Å². The number of carbonyl (C=O) groups is 2. The van der Waals surface area contributed by atoms with E-state index in [0.29, 0.717) is 50.2 Å². The van der Waals surface area contributed by atoms with Crippen molar-refractivity contribution < 1.29 is 23.8 Å². The molecule has 3 rings (SSSR count). The Kier molecular flexibility index (Phi) is 6.30. The number of amides is 2. The molecule has 2 aliphatic rings. The van der Waals surface area contributed by atoms with Crippen LogP contribution >= 0.6 is 0 Å². The predicted octanol–water partition coefficient (Wildman–Crippen LogP) is 0.577. The van der Waals surface area contributed by atoms with Gasteiger partial charge in [-0.15, -0.1) is 0 Å². The Morgan fingerprint density at radius 1 is 1.12 bits per heavy atom. The third kappa shape index (κ3) is 5.09. The molecule has 1 saturated heterocycles. The third-order valence-corrected chi connectivity index (χ3v) is 4.40. The largest absolute Gasteiger partial charge is 0.486 e. The number of hydrogen-bond acceptors (Lipinski definition) is 6. The average Bonchev–Trinajstić information content (AvgIpc) is 2.65. The minimum Gasteiger partial charge on any atom is -0.486 e. The van der Waals surface area contributed by atoms with E-state index in [0.717, 1.165) is 19.6 Å². The van der Waals surface area contributed by atoms with E-state index in [2.05, 4.69) is 10.2 Å². The van der Waals surface area contributed by atoms with Crippen molar-refractivity contribution >= 4 is 17.5 Å². The summed E-state index contributed by atoms with van der Waals surface area (Å²) in [6.45, 7) is 6.91. The van der Waals surface area contributed by atoms with Gasteiger partial charge < -0.3 is 24.4 Å². The van der Waals surface area contributed by atoms with Crippen molar-refractivity contribution in [1.82, 2.24) is 9.80 Å². The molecule has 0 atom stereocenters. The number of anilines is 1. The Morgan fingerprint density at radius 2 is 1.85 bits per heavy atom. The van der Waals surface area contributed by atoms with E-state index >= 15 is 0 Å². The maximum Gasteiger partial charge on any atom is 0.243 e. The van der Waals surface area contributed by atoms with Gasteiger partial charge in [-0.3, -0.25) is 14.5 Å². The predicted molar refractivity (Wildman–Crippen MR) is 95.6 cm³/mol. The average molecular weight is 363 g/mol. The van der Waals surface area contributed by atoms with Crippen LogP contribution in [0.15, 0.2) is 18.2 Å². The highest BCUT2D eigenvalue weighted by Crippen LogP contribution is 2.32. The van der Waals surface area contributed by atoms with Crippen LogP contribution in [-0.2, 0) is 14.3 Å². The van der Waals surface area contributed by atoms with Crippen molar-refractivity contribution in [3.8, 4) is 11.5 Å². The maximum atomic E-state index is 12.3. The van der Waals surface area contributed by atoms with Crippen LogP contribution in [0.25, 0.3) is 0 Å². The first-order chi connectivity index (χ1) is 12.6. The van der Waals surface area contributed by atoms with Crippen LogP contribution in [0.3, 0.4) is 0 Å². The summed E-state index contributed by atoms with van der Waals surface area (Å²) in [7, 11) is 0. The summed E-state index contributed by atoms with van der Waals surface area (Å²) in [5.41, 5.74) is 0.621. The monoisotopic (exact) mass is 363 g/mol. The lowest BCUT2D eigenvalue weighted by Crippen LogP contribution is -2.44. The summed E-state index contributed by atoms with van der Waals surface area (Å²) in [4.78, 5) is 28.0. The van der Waals surface area contributed by atoms with E-state index in [1.54, 1.807) is 23.1 Å². The van der Waals surface area contributed by atoms with Crippen molar-refractivity contribution in [3.63, 3.8) is 0 Å². The van der Waals surface area contributed by atoms with Crippen LogP contribution in [0, 0.1) is 0 Å². The van der Waals surface area contributed by atoms with Gasteiger partial charge in [-0.25, -0.2) is 0 Å². The molecule has 0 spiro atoms. The fourth-order valence-electron chi connectivity index (χ4n) is 2.93. The smallest absolute Gasteiger partial charge is 0.243 e. The van der Waals surface area contributed by atoms with Crippen LogP contribution in [0.4, 0.5) is 5.69 Å². The molecule has 8 nitrogen and oxygen atoms in total. The number of ether oxygens (including phenoxy) is 3. The molecule has 1 aromatic rings. The molecule has 1 fully saturated rings. The standard InChI is InChI=1S/C18H25N3O5/c1-14(22)21(5-4-20-6-8-24-9-7-20)13-18(23)19-15-2-3-16-17(12-15)26-11-10-25-16/h2-3,12H,4-11,13H2,1H3,(H,19,23). The highest BCUT2D eigenvalue weighted by molar-refractivity contribution is 5.94. The Hall–Kier alpha value is -2.32. The first-order valence-corrected chi connectivity index (χ1v) is 8.87. The second kappa shape index (κ2) is 8.86. The molecule has 2 aliphatic heterocycles. The molecule has 0 bridgehead atoms. The summed E-state index contributed by atoms with van der Waals surface area (Å²) < 4.78 is 16.3. The number of carbonyl (C=O) groups excluding carboxylic acids is 2. The summed E-state index contributed by atoms with van der Waals surface area (Å²) in [6.07, 6.45) is 0. The molecule has 2 heterocycles. The second-order valence-corrected chi connectivity index (χ2v) is 6.30. The molecule has 26 heavy (non-hydrogen) atoms. The zero-order valence-corrected chi connectivity index (χ0v) is 15.0. The fraction of sp³-hybridized carbons (Fsp3) is 0.556. The molecule has 0 saturated carbocycles. The zero-order chi connectivity index (χ0) is 18.4. The zero-order valence-electron chi connectivity index (χ0n) is 15.0. The summed E-state index contributed by atoms with van der Waals surface area (Å²) in [5.74, 6) is 0.935. The quantitative estimate of drug-likeness (QED) is 0.796. The minimum absolute atomic E-state index is 0.0219. The molecule has 0 unspecified atom stereocenters. The lowest BCUT2D eigenvalue weighted by Gasteiger charge is -2.29. The SMILES string of the molecule is CC(=O)N(CCN1CCOCC1)CC(=O)Nc1ccc2c(c1)OCCO2. The molecule has 0 aromatic heterocycles. The minimum atomic E-state index is -0.237. The van der Waals surface area contributed by atoms with Gasteiger partial charge in [0.15, 0.2) is 11.5 Å². The summed E-state index contributed by atoms with van der Waals surface area (Å²) in [5, 5.41) is 2.81. The number of benzene rings is 1. The van der Waals surface area contributed by atoms with E-state index < -0.39 is 0 Å². The number of morpholine rings is 1. The van der Waals surface area contributed by atoms with Crippen LogP contribution in [0.2, 0.25) is 0 Å². The van der Waals surface area contributed by atoms with Gasteiger partial charge in [-0.1, -0.05) is 0 Å². The molecule has 1 aromatic carbocycles. The topological polar surface area (TPSA) is 80.3 Å². The van der Waals surface area contributed by atoms with Crippen molar-refractivity contribution in [1.29, 1.82) is 0 Å². The lowest BCUT2D eigenvalue weighted by molar-refractivity contribution is -0.133. The summed E-state index contributed by atoms with van der Waals surface area (Å²) >= 11 is 0. The van der Waals surface area contributed by atoms with Gasteiger partial charge >= 0.3 is 0 Å². The van der Waals surface area contributed by atoms with Crippen molar-refractivity contribution in [2.45, 2.75) is 6.92 Å². The van der Waals surface area contributed by atoms with Crippen LogP contribution in [0.1, 0.15) is 6.92 Å². The van der Waals surface area contributed by atoms with Crippen LogP contribution in [-0.4, -0.2) is 80.8 Å². The van der Waals surface area contributed by atoms with E-state index in [4.69, 9.17) is 14.2 Å². The molecular weight excluding hydrogens is 338 g/mol. The number of nitrogens with one attached hydrogen (secondary N) is 1. The Balaban J connectivity index is 1.51. The first kappa shape index (κ1) is 18.5. The molecule has 2 amide bonds. The summed E-state index contributed by atoms with van der Waals surface area (Å²) in [6, 6.07) is 5.26. The molecule has 0 radical (unpaired) electrons. The van der Waals surface area contributed by atoms with Crippen molar-refractivity contribution in [2.75, 3.05) is 64.5 Å². The number of nitrogens with zero attached hydrogens (tertiary/aromatic N) is 2. The van der Waals surface area contributed by atoms with E-state index in [1.165, 1.54) is 6.92 Å². The number of rotatable bonds is 6. The van der Waals surface area contributed by atoms with Gasteiger partial charge in [0.1, 0.15) is 13.2 Å². The van der Waals surface area contributed by atoms with Gasteiger partial charge in [0, 0.05) is 44.9 Å². The lowest BCUT2D eigenvalue weighted by atomic mass is 10.2.